The van der Waals surface area contributed by atoms with Gasteiger partial charge in [0.15, 0.2) is 5.78 Å². The summed E-state index contributed by atoms with van der Waals surface area (Å²) in [4.78, 5) is 15.7. The molecule has 3 rings (SSSR count). The number of ketones is 1. The average molecular weight is 603 g/mol. The second kappa shape index (κ2) is 10.9. The van der Waals surface area contributed by atoms with E-state index in [0.29, 0.717) is 11.6 Å². The summed E-state index contributed by atoms with van der Waals surface area (Å²) >= 11 is 1.68. The topological polar surface area (TPSA) is 59.4 Å². The summed E-state index contributed by atoms with van der Waals surface area (Å²) in [5, 5.41) is 12.8. The number of pyridine rings is 1. The molecule has 0 aliphatic rings. The molecule has 0 bridgehead atoms. The minimum atomic E-state index is -0.417. The maximum Gasteiger partial charge on any atom is 0.217 e. The summed E-state index contributed by atoms with van der Waals surface area (Å²) < 4.78 is 6.76. The van der Waals surface area contributed by atoms with E-state index in [9.17, 15) is 9.90 Å². The molecule has 0 spiro atoms. The van der Waals surface area contributed by atoms with Crippen LogP contribution in [0.25, 0.3) is 10.1 Å². The molecule has 0 unspecified atom stereocenters. The first kappa shape index (κ1) is 26.0. The van der Waals surface area contributed by atoms with Crippen LogP contribution in [0.15, 0.2) is 59.8 Å². The van der Waals surface area contributed by atoms with Crippen LogP contribution in [0.1, 0.15) is 41.5 Å². The summed E-state index contributed by atoms with van der Waals surface area (Å²) in [5.41, 5.74) is -0.764. The molecular weight excluding hydrogens is 575 g/mol. The predicted molar refractivity (Wildman–Crippen MR) is 120 cm³/mol. The van der Waals surface area contributed by atoms with Crippen molar-refractivity contribution in [2.45, 2.75) is 41.5 Å². The molecule has 0 aliphatic carbocycles. The zero-order valence-electron chi connectivity index (χ0n) is 18.1. The number of para-hydroxylation sites is 1. The van der Waals surface area contributed by atoms with Gasteiger partial charge in [-0.15, -0.1) is 23.5 Å². The molecule has 4 nitrogen and oxygen atoms in total. The maximum atomic E-state index is 11.5. The first-order valence-corrected chi connectivity index (χ1v) is 10.3. The Kier molecular flexibility index (Phi) is 9.41. The Hall–Kier alpha value is -2.01. The summed E-state index contributed by atoms with van der Waals surface area (Å²) in [7, 11) is 0. The molecule has 6 heteroatoms. The molecule has 1 aromatic carbocycles. The van der Waals surface area contributed by atoms with Crippen molar-refractivity contribution in [2.24, 2.45) is 10.8 Å². The van der Waals surface area contributed by atoms with Gasteiger partial charge in [0, 0.05) is 55.0 Å². The third kappa shape index (κ3) is 8.02. The fourth-order valence-corrected chi connectivity index (χ4v) is 2.75. The predicted octanol–water partition coefficient (Wildman–Crippen LogP) is 6.98. The van der Waals surface area contributed by atoms with Crippen LogP contribution in [0.5, 0.6) is 11.6 Å². The van der Waals surface area contributed by atoms with Gasteiger partial charge >= 0.3 is 0 Å². The van der Waals surface area contributed by atoms with Crippen molar-refractivity contribution >= 4 is 27.2 Å². The van der Waals surface area contributed by atoms with Gasteiger partial charge in [-0.3, -0.25) is 4.79 Å². The van der Waals surface area contributed by atoms with Crippen molar-refractivity contribution in [1.82, 2.24) is 4.98 Å². The number of rotatable bonds is 3. The smallest absolute Gasteiger partial charge is 0.217 e. The maximum absolute atomic E-state index is 11.5. The summed E-state index contributed by atoms with van der Waals surface area (Å²) in [6.45, 7) is 11.1. The number of hydrogen-bond donors (Lipinski definition) is 1. The van der Waals surface area contributed by atoms with Crippen molar-refractivity contribution in [3.8, 4) is 11.6 Å². The van der Waals surface area contributed by atoms with Crippen LogP contribution >= 0.6 is 11.3 Å². The van der Waals surface area contributed by atoms with E-state index in [-0.39, 0.29) is 37.1 Å². The van der Waals surface area contributed by atoms with Crippen molar-refractivity contribution in [1.29, 1.82) is 0 Å². The first-order valence-electron chi connectivity index (χ1n) is 9.40. The zero-order valence-corrected chi connectivity index (χ0v) is 21.4. The summed E-state index contributed by atoms with van der Waals surface area (Å²) in [6.07, 6.45) is 3.16. The molecule has 3 aromatic rings. The van der Waals surface area contributed by atoms with Crippen molar-refractivity contribution < 1.29 is 34.7 Å². The molecular formula is C24H28IrNO3S-. The Balaban J connectivity index is 0.000000299. The molecule has 2 aromatic heterocycles. The fraction of sp³-hybridized carbons (Fsp3) is 0.333. The minimum Gasteiger partial charge on any atom is -0.512 e. The Morgan fingerprint density at radius 3 is 2.40 bits per heavy atom. The molecule has 0 aliphatic heterocycles. The van der Waals surface area contributed by atoms with Crippen LogP contribution in [-0.2, 0) is 24.9 Å². The number of fused-ring (bicyclic) bond motifs is 1. The molecule has 0 saturated carbocycles. The molecule has 1 radical (unpaired) electrons. The van der Waals surface area contributed by atoms with Gasteiger partial charge in [0.1, 0.15) is 5.76 Å². The third-order valence-electron chi connectivity index (χ3n) is 3.99. The van der Waals surface area contributed by atoms with Gasteiger partial charge in [0.25, 0.3) is 0 Å². The fourth-order valence-electron chi connectivity index (χ4n) is 2.01. The zero-order chi connectivity index (χ0) is 21.7. The Labute approximate surface area is 196 Å². The SMILES string of the molecule is CC(C)(C)C(=O)/C=C(\O)C(C)(C)C.[Ir].[c-]1ccccc1Oc1cc2ccsc2cn1. The van der Waals surface area contributed by atoms with Crippen LogP contribution in [-0.4, -0.2) is 15.9 Å². The van der Waals surface area contributed by atoms with Crippen LogP contribution in [0, 0.1) is 16.9 Å². The largest absolute Gasteiger partial charge is 0.512 e. The molecule has 0 fully saturated rings. The Bertz CT molecular complexity index is 983. The third-order valence-corrected chi connectivity index (χ3v) is 4.85. The van der Waals surface area contributed by atoms with E-state index in [4.69, 9.17) is 4.74 Å². The van der Waals surface area contributed by atoms with Gasteiger partial charge < -0.3 is 9.84 Å². The van der Waals surface area contributed by atoms with E-state index in [0.717, 1.165) is 5.39 Å². The normalized spacial score (nSPS) is 11.9. The van der Waals surface area contributed by atoms with Crippen LogP contribution in [0.3, 0.4) is 0 Å². The molecule has 30 heavy (non-hydrogen) atoms. The van der Waals surface area contributed by atoms with E-state index >= 15 is 0 Å². The molecule has 0 atom stereocenters. The number of hydrogen-bond acceptors (Lipinski definition) is 5. The molecule has 1 N–H and O–H groups in total. The first-order chi connectivity index (χ1) is 13.5. The number of carbonyl (C=O) groups is 1. The minimum absolute atomic E-state index is 0. The van der Waals surface area contributed by atoms with Crippen LogP contribution in [0.2, 0.25) is 0 Å². The van der Waals surface area contributed by atoms with Gasteiger partial charge in [-0.1, -0.05) is 41.5 Å². The number of allylic oxidation sites excluding steroid dienone is 2. The van der Waals surface area contributed by atoms with Crippen LogP contribution in [0.4, 0.5) is 0 Å². The summed E-state index contributed by atoms with van der Waals surface area (Å²) in [5.74, 6) is 1.39. The van der Waals surface area contributed by atoms with E-state index in [2.05, 4.69) is 17.1 Å². The van der Waals surface area contributed by atoms with E-state index in [1.165, 1.54) is 10.8 Å². The molecule has 0 amide bonds. The molecule has 163 valence electrons. The average Bonchev–Trinajstić information content (AvgIpc) is 3.09. The summed E-state index contributed by atoms with van der Waals surface area (Å²) in [6, 6.07) is 14.5. The molecule has 0 saturated heterocycles. The molecule has 2 heterocycles. The quantitative estimate of drug-likeness (QED) is 0.200. The van der Waals surface area contributed by atoms with Crippen molar-refractivity contribution in [3.05, 3.63) is 65.9 Å². The number of aliphatic hydroxyl groups is 1. The number of carbonyl (C=O) groups excluding carboxylic acids is 1. The second-order valence-electron chi connectivity index (χ2n) is 8.70. The number of thiophene rings is 1. The van der Waals surface area contributed by atoms with Gasteiger partial charge in [0.05, 0.1) is 4.70 Å². The number of aromatic nitrogens is 1. The van der Waals surface area contributed by atoms with E-state index in [1.807, 2.05) is 83.5 Å². The number of ether oxygens (including phenoxy) is 1. The van der Waals surface area contributed by atoms with Gasteiger partial charge in [0.2, 0.25) is 5.88 Å². The van der Waals surface area contributed by atoms with Crippen molar-refractivity contribution in [2.75, 3.05) is 0 Å². The Morgan fingerprint density at radius 1 is 1.13 bits per heavy atom. The number of nitrogens with zero attached hydrogens (tertiary/aromatic N) is 1. The Morgan fingerprint density at radius 2 is 1.83 bits per heavy atom. The van der Waals surface area contributed by atoms with Gasteiger partial charge in [-0.2, -0.15) is 18.2 Å². The van der Waals surface area contributed by atoms with E-state index in [1.54, 1.807) is 11.3 Å². The monoisotopic (exact) mass is 603 g/mol. The van der Waals surface area contributed by atoms with Gasteiger partial charge in [-0.25, -0.2) is 4.98 Å². The second-order valence-corrected chi connectivity index (χ2v) is 9.65. The standard InChI is InChI=1S/C13H8NOS.C11H20O2.Ir/c1-2-4-11(5-3-1)15-13-8-10-6-7-16-12(10)9-14-13;1-10(2,3)8(12)7-9(13)11(4,5)6;/h1-4,6-9H;7,12H,1-6H3;/q-1;;/b;8-7-;. The van der Waals surface area contributed by atoms with Gasteiger partial charge in [-0.05, 0) is 16.8 Å². The van der Waals surface area contributed by atoms with Crippen molar-refractivity contribution in [3.63, 3.8) is 0 Å². The van der Waals surface area contributed by atoms with E-state index < -0.39 is 5.41 Å². The van der Waals surface area contributed by atoms with Crippen LogP contribution < -0.4 is 4.74 Å². The number of benzene rings is 1. The number of aliphatic hydroxyl groups excluding tert-OH is 1.